The molecule has 23 heavy (non-hydrogen) atoms. The van der Waals surface area contributed by atoms with Crippen LogP contribution in [-0.4, -0.2) is 22.1 Å². The van der Waals surface area contributed by atoms with Crippen molar-refractivity contribution in [3.05, 3.63) is 69.8 Å². The Hall–Kier alpha value is -2.11. The molecule has 1 aliphatic rings. The van der Waals surface area contributed by atoms with Crippen LogP contribution in [0.2, 0.25) is 0 Å². The smallest absolute Gasteiger partial charge is 0.321 e. The van der Waals surface area contributed by atoms with Crippen LogP contribution in [0.1, 0.15) is 22.9 Å². The summed E-state index contributed by atoms with van der Waals surface area (Å²) < 4.78 is 0.979. The summed E-state index contributed by atoms with van der Waals surface area (Å²) in [6.45, 7) is 0. The molecule has 0 fully saturated rings. The maximum atomic E-state index is 11.6. The van der Waals surface area contributed by atoms with Gasteiger partial charge >= 0.3 is 5.97 Å². The SMILES string of the molecule is O=C(O)C1Cc2c([nH]c3ccccc23)C(c2cccc(Br)c2)N1. The van der Waals surface area contributed by atoms with Crippen molar-refractivity contribution in [2.45, 2.75) is 18.5 Å². The quantitative estimate of drug-likeness (QED) is 0.645. The molecule has 4 nitrogen and oxygen atoms in total. The first-order chi connectivity index (χ1) is 11.1. The van der Waals surface area contributed by atoms with Crippen LogP contribution in [0.15, 0.2) is 53.0 Å². The zero-order valence-electron chi connectivity index (χ0n) is 12.2. The van der Waals surface area contributed by atoms with Crippen molar-refractivity contribution in [1.82, 2.24) is 10.3 Å². The highest BCUT2D eigenvalue weighted by Crippen LogP contribution is 2.35. The van der Waals surface area contributed by atoms with Gasteiger partial charge in [0.05, 0.1) is 6.04 Å². The Morgan fingerprint density at radius 3 is 2.78 bits per heavy atom. The first kappa shape index (κ1) is 14.5. The number of benzene rings is 2. The van der Waals surface area contributed by atoms with Crippen LogP contribution >= 0.6 is 15.9 Å². The monoisotopic (exact) mass is 370 g/mol. The number of aromatic nitrogens is 1. The molecule has 2 unspecified atom stereocenters. The number of nitrogens with one attached hydrogen (secondary N) is 2. The lowest BCUT2D eigenvalue weighted by Gasteiger charge is -2.29. The summed E-state index contributed by atoms with van der Waals surface area (Å²) >= 11 is 3.49. The molecule has 0 amide bonds. The van der Waals surface area contributed by atoms with Crippen LogP contribution in [0.5, 0.6) is 0 Å². The van der Waals surface area contributed by atoms with E-state index in [9.17, 15) is 9.90 Å². The first-order valence-electron chi connectivity index (χ1n) is 7.47. The molecule has 0 spiro atoms. The summed E-state index contributed by atoms with van der Waals surface area (Å²) in [7, 11) is 0. The Morgan fingerprint density at radius 1 is 1.17 bits per heavy atom. The molecule has 0 bridgehead atoms. The number of carbonyl (C=O) groups is 1. The number of hydrogen-bond acceptors (Lipinski definition) is 2. The van der Waals surface area contributed by atoms with Gasteiger partial charge < -0.3 is 10.1 Å². The Morgan fingerprint density at radius 2 is 2.00 bits per heavy atom. The molecule has 4 rings (SSSR count). The van der Waals surface area contributed by atoms with E-state index in [1.54, 1.807) is 0 Å². The predicted molar refractivity (Wildman–Crippen MR) is 92.5 cm³/mol. The van der Waals surface area contributed by atoms with Crippen LogP contribution in [0.3, 0.4) is 0 Å². The molecule has 0 saturated carbocycles. The number of aliphatic carboxylic acids is 1. The molecule has 0 saturated heterocycles. The van der Waals surface area contributed by atoms with Crippen LogP contribution in [-0.2, 0) is 11.2 Å². The van der Waals surface area contributed by atoms with E-state index in [4.69, 9.17) is 0 Å². The number of hydrogen-bond donors (Lipinski definition) is 3. The zero-order valence-corrected chi connectivity index (χ0v) is 13.8. The highest BCUT2D eigenvalue weighted by atomic mass is 79.9. The Kier molecular flexibility index (Phi) is 3.47. The van der Waals surface area contributed by atoms with Crippen molar-refractivity contribution in [2.75, 3.05) is 0 Å². The topological polar surface area (TPSA) is 65.1 Å². The average molecular weight is 371 g/mol. The molecular formula is C18H15BrN2O2. The molecule has 0 radical (unpaired) electrons. The van der Waals surface area contributed by atoms with Crippen molar-refractivity contribution in [1.29, 1.82) is 0 Å². The molecule has 1 aromatic heterocycles. The number of para-hydroxylation sites is 1. The fourth-order valence-corrected chi connectivity index (χ4v) is 3.76. The van der Waals surface area contributed by atoms with E-state index in [0.29, 0.717) is 6.42 Å². The molecule has 2 heterocycles. The lowest BCUT2D eigenvalue weighted by molar-refractivity contribution is -0.139. The normalized spacial score (nSPS) is 20.4. The van der Waals surface area contributed by atoms with E-state index in [2.05, 4.69) is 26.2 Å². The molecular weight excluding hydrogens is 356 g/mol. The van der Waals surface area contributed by atoms with Crippen LogP contribution in [0, 0.1) is 0 Å². The van der Waals surface area contributed by atoms with E-state index in [1.807, 2.05) is 48.5 Å². The van der Waals surface area contributed by atoms with Gasteiger partial charge in [-0.2, -0.15) is 0 Å². The largest absolute Gasteiger partial charge is 0.480 e. The Bertz CT molecular complexity index is 903. The minimum atomic E-state index is -0.819. The second-order valence-corrected chi connectivity index (χ2v) is 6.73. The molecule has 116 valence electrons. The van der Waals surface area contributed by atoms with Gasteiger partial charge in [0.1, 0.15) is 6.04 Å². The summed E-state index contributed by atoms with van der Waals surface area (Å²) in [5.41, 5.74) is 4.24. The molecule has 0 aliphatic carbocycles. The van der Waals surface area contributed by atoms with E-state index >= 15 is 0 Å². The maximum absolute atomic E-state index is 11.6. The lowest BCUT2D eigenvalue weighted by Crippen LogP contribution is -2.44. The van der Waals surface area contributed by atoms with Gasteiger partial charge in [-0.3, -0.25) is 10.1 Å². The summed E-state index contributed by atoms with van der Waals surface area (Å²) in [5, 5.41) is 13.9. The van der Waals surface area contributed by atoms with Gasteiger partial charge in [-0.25, -0.2) is 0 Å². The van der Waals surface area contributed by atoms with Crippen molar-refractivity contribution >= 4 is 32.8 Å². The van der Waals surface area contributed by atoms with E-state index in [-0.39, 0.29) is 6.04 Å². The summed E-state index contributed by atoms with van der Waals surface area (Å²) in [6.07, 6.45) is 0.485. The number of rotatable bonds is 2. The summed E-state index contributed by atoms with van der Waals surface area (Å²) in [6, 6.07) is 15.3. The van der Waals surface area contributed by atoms with Crippen molar-refractivity contribution in [3.63, 3.8) is 0 Å². The number of carboxylic acid groups (broad SMARTS) is 1. The minimum Gasteiger partial charge on any atom is -0.480 e. The fourth-order valence-electron chi connectivity index (χ4n) is 3.34. The maximum Gasteiger partial charge on any atom is 0.321 e. The number of carboxylic acids is 1. The van der Waals surface area contributed by atoms with Crippen molar-refractivity contribution in [3.8, 4) is 0 Å². The van der Waals surface area contributed by atoms with Gasteiger partial charge in [0.15, 0.2) is 0 Å². The third-order valence-corrected chi connectivity index (χ3v) is 4.88. The molecule has 2 atom stereocenters. The third kappa shape index (κ3) is 2.46. The number of halogens is 1. The zero-order chi connectivity index (χ0) is 16.0. The van der Waals surface area contributed by atoms with E-state index < -0.39 is 12.0 Å². The molecule has 5 heteroatoms. The van der Waals surface area contributed by atoms with Gasteiger partial charge in [0, 0.05) is 27.5 Å². The predicted octanol–water partition coefficient (Wildman–Crippen LogP) is 3.62. The highest BCUT2D eigenvalue weighted by Gasteiger charge is 2.33. The molecule has 2 aromatic carbocycles. The van der Waals surface area contributed by atoms with Crippen LogP contribution in [0.4, 0.5) is 0 Å². The molecule has 1 aliphatic heterocycles. The number of aromatic amines is 1. The van der Waals surface area contributed by atoms with E-state index in [1.165, 1.54) is 0 Å². The lowest BCUT2D eigenvalue weighted by atomic mass is 9.90. The highest BCUT2D eigenvalue weighted by molar-refractivity contribution is 9.10. The second kappa shape index (κ2) is 5.51. The molecule has 3 N–H and O–H groups in total. The van der Waals surface area contributed by atoms with Crippen molar-refractivity contribution in [2.24, 2.45) is 0 Å². The summed E-state index contributed by atoms with van der Waals surface area (Å²) in [5.74, 6) is -0.819. The van der Waals surface area contributed by atoms with Gasteiger partial charge in [-0.15, -0.1) is 0 Å². The minimum absolute atomic E-state index is 0.162. The van der Waals surface area contributed by atoms with Gasteiger partial charge in [-0.05, 0) is 29.3 Å². The van der Waals surface area contributed by atoms with E-state index in [0.717, 1.165) is 32.2 Å². The first-order valence-corrected chi connectivity index (χ1v) is 8.26. The molecule has 3 aromatic rings. The second-order valence-electron chi connectivity index (χ2n) is 5.81. The standard InChI is InChI=1S/C18H15BrN2O2/c19-11-5-3-4-10(8-11)16-17-13(9-15(21-16)18(22)23)12-6-1-2-7-14(12)20-17/h1-8,15-16,20-21H,9H2,(H,22,23). The third-order valence-electron chi connectivity index (χ3n) is 4.39. The fraction of sp³-hybridized carbons (Fsp3) is 0.167. The number of fused-ring (bicyclic) bond motifs is 3. The Labute approximate surface area is 141 Å². The van der Waals surface area contributed by atoms with Gasteiger partial charge in [0.25, 0.3) is 0 Å². The van der Waals surface area contributed by atoms with Crippen LogP contribution in [0.25, 0.3) is 10.9 Å². The van der Waals surface area contributed by atoms with Crippen molar-refractivity contribution < 1.29 is 9.90 Å². The average Bonchev–Trinajstić information content (AvgIpc) is 2.92. The Balaban J connectivity index is 1.91. The van der Waals surface area contributed by atoms with Crippen LogP contribution < -0.4 is 5.32 Å². The summed E-state index contributed by atoms with van der Waals surface area (Å²) in [4.78, 5) is 15.1. The number of H-pyrrole nitrogens is 1. The van der Waals surface area contributed by atoms with Gasteiger partial charge in [-0.1, -0.05) is 46.3 Å². The van der Waals surface area contributed by atoms with Gasteiger partial charge in [0.2, 0.25) is 0 Å².